The number of ether oxygens (including phenoxy) is 2. The third kappa shape index (κ3) is 3.60. The zero-order valence-corrected chi connectivity index (χ0v) is 14.6. The number of hydrogen-bond acceptors (Lipinski definition) is 5. The van der Waals surface area contributed by atoms with Crippen molar-refractivity contribution in [3.8, 4) is 11.5 Å². The van der Waals surface area contributed by atoms with Gasteiger partial charge in [-0.1, -0.05) is 0 Å². The lowest BCUT2D eigenvalue weighted by Gasteiger charge is -2.27. The van der Waals surface area contributed by atoms with Crippen LogP contribution in [0.15, 0.2) is 18.2 Å². The summed E-state index contributed by atoms with van der Waals surface area (Å²) in [5, 5.41) is 2.27. The standard InChI is InChI=1S/C18H22N2O5/c1-10(2)25-14-7-4-11(8-15(14)24-3)18(23)20(12-5-6-12)13-9-16(21)19-17(13)22/h4,7-8,10,12-13H,5-6,9H2,1-3H3,(H,19,21,22). The number of hydrogen-bond donors (Lipinski definition) is 1. The summed E-state index contributed by atoms with van der Waals surface area (Å²) in [5.74, 6) is -0.00140. The fourth-order valence-corrected chi connectivity index (χ4v) is 2.98. The number of rotatable bonds is 6. The van der Waals surface area contributed by atoms with Crippen LogP contribution in [0.5, 0.6) is 11.5 Å². The minimum absolute atomic E-state index is 0.00624. The summed E-state index contributed by atoms with van der Waals surface area (Å²) >= 11 is 0. The topological polar surface area (TPSA) is 84.9 Å². The maximum atomic E-state index is 13.0. The van der Waals surface area contributed by atoms with Crippen LogP contribution >= 0.6 is 0 Å². The Labute approximate surface area is 146 Å². The predicted octanol–water partition coefficient (Wildman–Crippen LogP) is 1.50. The zero-order valence-electron chi connectivity index (χ0n) is 14.6. The van der Waals surface area contributed by atoms with E-state index in [-0.39, 0.29) is 30.4 Å². The van der Waals surface area contributed by atoms with Gasteiger partial charge in [-0.3, -0.25) is 19.7 Å². The molecule has 1 unspecified atom stereocenters. The van der Waals surface area contributed by atoms with Gasteiger partial charge in [0.1, 0.15) is 6.04 Å². The molecule has 0 radical (unpaired) electrons. The Kier molecular flexibility index (Phi) is 4.65. The van der Waals surface area contributed by atoms with E-state index in [1.54, 1.807) is 18.2 Å². The van der Waals surface area contributed by atoms with Crippen molar-refractivity contribution in [1.29, 1.82) is 0 Å². The zero-order chi connectivity index (χ0) is 18.1. The Morgan fingerprint density at radius 2 is 1.96 bits per heavy atom. The molecule has 0 spiro atoms. The molecule has 1 saturated heterocycles. The molecule has 1 saturated carbocycles. The van der Waals surface area contributed by atoms with Crippen molar-refractivity contribution >= 4 is 17.7 Å². The average Bonchev–Trinajstić information content (AvgIpc) is 3.33. The second-order valence-corrected chi connectivity index (χ2v) is 6.61. The quantitative estimate of drug-likeness (QED) is 0.789. The molecule has 1 aliphatic carbocycles. The fourth-order valence-electron chi connectivity index (χ4n) is 2.98. The summed E-state index contributed by atoms with van der Waals surface area (Å²) in [4.78, 5) is 38.1. The van der Waals surface area contributed by atoms with E-state index in [4.69, 9.17) is 9.47 Å². The number of benzene rings is 1. The van der Waals surface area contributed by atoms with Crippen LogP contribution in [0.1, 0.15) is 43.5 Å². The van der Waals surface area contributed by atoms with Gasteiger partial charge in [0.05, 0.1) is 19.6 Å². The van der Waals surface area contributed by atoms with Crippen molar-refractivity contribution < 1.29 is 23.9 Å². The van der Waals surface area contributed by atoms with Crippen LogP contribution in [0.2, 0.25) is 0 Å². The predicted molar refractivity (Wildman–Crippen MR) is 89.5 cm³/mol. The first-order chi connectivity index (χ1) is 11.9. The van der Waals surface area contributed by atoms with Gasteiger partial charge in [0.25, 0.3) is 5.91 Å². The largest absolute Gasteiger partial charge is 0.493 e. The SMILES string of the molecule is COc1cc(C(=O)N(C2CC2)C2CC(=O)NC2=O)ccc1OC(C)C. The number of methoxy groups -OCH3 is 1. The maximum Gasteiger partial charge on any atom is 0.254 e. The van der Waals surface area contributed by atoms with Crippen molar-refractivity contribution in [3.05, 3.63) is 23.8 Å². The third-order valence-corrected chi connectivity index (χ3v) is 4.23. The van der Waals surface area contributed by atoms with E-state index < -0.39 is 11.9 Å². The fraction of sp³-hybridized carbons (Fsp3) is 0.500. The van der Waals surface area contributed by atoms with Crippen molar-refractivity contribution in [2.24, 2.45) is 0 Å². The molecule has 2 fully saturated rings. The number of imide groups is 1. The van der Waals surface area contributed by atoms with Gasteiger partial charge in [-0.15, -0.1) is 0 Å². The Balaban J connectivity index is 1.87. The van der Waals surface area contributed by atoms with E-state index >= 15 is 0 Å². The third-order valence-electron chi connectivity index (χ3n) is 4.23. The second-order valence-electron chi connectivity index (χ2n) is 6.61. The minimum Gasteiger partial charge on any atom is -0.493 e. The normalized spacial score (nSPS) is 19.8. The molecule has 7 nitrogen and oxygen atoms in total. The first-order valence-electron chi connectivity index (χ1n) is 8.41. The van der Waals surface area contributed by atoms with Gasteiger partial charge < -0.3 is 14.4 Å². The van der Waals surface area contributed by atoms with Gasteiger partial charge in [-0.2, -0.15) is 0 Å². The van der Waals surface area contributed by atoms with Gasteiger partial charge in [0, 0.05) is 11.6 Å². The molecule has 134 valence electrons. The summed E-state index contributed by atoms with van der Waals surface area (Å²) in [7, 11) is 1.51. The first kappa shape index (κ1) is 17.3. The first-order valence-corrected chi connectivity index (χ1v) is 8.41. The van der Waals surface area contributed by atoms with E-state index in [1.807, 2.05) is 13.8 Å². The highest BCUT2D eigenvalue weighted by Gasteiger charge is 2.45. The van der Waals surface area contributed by atoms with Crippen LogP contribution in [0.3, 0.4) is 0 Å². The van der Waals surface area contributed by atoms with Gasteiger partial charge >= 0.3 is 0 Å². The Morgan fingerprint density at radius 1 is 1.24 bits per heavy atom. The Morgan fingerprint density at radius 3 is 2.48 bits per heavy atom. The van der Waals surface area contributed by atoms with Crippen LogP contribution in [0.25, 0.3) is 0 Å². The molecule has 0 bridgehead atoms. The van der Waals surface area contributed by atoms with Gasteiger partial charge in [0.2, 0.25) is 11.8 Å². The van der Waals surface area contributed by atoms with E-state index in [1.165, 1.54) is 12.0 Å². The van der Waals surface area contributed by atoms with Gasteiger partial charge in [0.15, 0.2) is 11.5 Å². The van der Waals surface area contributed by atoms with Crippen molar-refractivity contribution in [2.45, 2.75) is 51.3 Å². The molecule has 3 rings (SSSR count). The van der Waals surface area contributed by atoms with E-state index in [0.29, 0.717) is 17.1 Å². The summed E-state index contributed by atoms with van der Waals surface area (Å²) in [6.45, 7) is 3.81. The minimum atomic E-state index is -0.731. The molecular formula is C18H22N2O5. The van der Waals surface area contributed by atoms with Crippen molar-refractivity contribution in [2.75, 3.05) is 7.11 Å². The highest BCUT2D eigenvalue weighted by atomic mass is 16.5. The second kappa shape index (κ2) is 6.74. The van der Waals surface area contributed by atoms with Crippen LogP contribution in [0, 0.1) is 0 Å². The van der Waals surface area contributed by atoms with Crippen molar-refractivity contribution in [1.82, 2.24) is 10.2 Å². The molecule has 1 heterocycles. The number of amides is 3. The molecular weight excluding hydrogens is 324 g/mol. The van der Waals surface area contributed by atoms with Crippen LogP contribution in [-0.2, 0) is 9.59 Å². The molecule has 1 N–H and O–H groups in total. The molecule has 25 heavy (non-hydrogen) atoms. The lowest BCUT2D eigenvalue weighted by atomic mass is 10.1. The molecule has 0 aromatic heterocycles. The Hall–Kier alpha value is -2.57. The summed E-state index contributed by atoms with van der Waals surface area (Å²) in [6.07, 6.45) is 1.68. The molecule has 1 aromatic rings. The number of carbonyl (C=O) groups excluding carboxylic acids is 3. The van der Waals surface area contributed by atoms with Crippen LogP contribution in [-0.4, -0.2) is 47.9 Å². The summed E-state index contributed by atoms with van der Waals surface area (Å²) < 4.78 is 11.0. The number of nitrogens with one attached hydrogen (secondary N) is 1. The molecule has 1 aromatic carbocycles. The molecule has 2 aliphatic rings. The summed E-state index contributed by atoms with van der Waals surface area (Å²) in [6, 6.07) is 4.24. The Bertz CT molecular complexity index is 711. The lowest BCUT2D eigenvalue weighted by molar-refractivity contribution is -0.126. The van der Waals surface area contributed by atoms with E-state index in [0.717, 1.165) is 12.8 Å². The number of nitrogens with zero attached hydrogens (tertiary/aromatic N) is 1. The highest BCUT2D eigenvalue weighted by Crippen LogP contribution is 2.34. The maximum absolute atomic E-state index is 13.0. The smallest absolute Gasteiger partial charge is 0.254 e. The molecule has 1 atom stereocenters. The number of carbonyl (C=O) groups is 3. The molecule has 1 aliphatic heterocycles. The van der Waals surface area contributed by atoms with E-state index in [9.17, 15) is 14.4 Å². The van der Waals surface area contributed by atoms with E-state index in [2.05, 4.69) is 5.32 Å². The monoisotopic (exact) mass is 346 g/mol. The molecule has 7 heteroatoms. The van der Waals surface area contributed by atoms with Crippen LogP contribution < -0.4 is 14.8 Å². The summed E-state index contributed by atoms with van der Waals surface area (Å²) in [5.41, 5.74) is 0.409. The average molecular weight is 346 g/mol. The highest BCUT2D eigenvalue weighted by molar-refractivity contribution is 6.08. The lowest BCUT2D eigenvalue weighted by Crippen LogP contribution is -2.45. The van der Waals surface area contributed by atoms with Gasteiger partial charge in [-0.05, 0) is 44.9 Å². The van der Waals surface area contributed by atoms with Gasteiger partial charge in [-0.25, -0.2) is 0 Å². The molecule has 3 amide bonds. The van der Waals surface area contributed by atoms with Crippen LogP contribution in [0.4, 0.5) is 0 Å². The van der Waals surface area contributed by atoms with Crippen molar-refractivity contribution in [3.63, 3.8) is 0 Å².